The maximum Gasteiger partial charge on any atom is 0.232 e. The average molecular weight is 237 g/mol. The van der Waals surface area contributed by atoms with Crippen molar-refractivity contribution in [3.05, 3.63) is 22.8 Å². The summed E-state index contributed by atoms with van der Waals surface area (Å²) < 4.78 is 5.73. The van der Waals surface area contributed by atoms with Crippen molar-refractivity contribution in [3.63, 3.8) is 0 Å². The lowest BCUT2D eigenvalue weighted by Gasteiger charge is -2.22. The molecule has 1 saturated carbocycles. The fourth-order valence-electron chi connectivity index (χ4n) is 1.91. The van der Waals surface area contributed by atoms with E-state index in [0.717, 1.165) is 12.8 Å². The number of halogens is 1. The number of nitriles is 1. The summed E-state index contributed by atoms with van der Waals surface area (Å²) in [5, 5.41) is 9.11. The molecule has 0 aliphatic heterocycles. The first-order valence-corrected chi connectivity index (χ1v) is 5.89. The molecule has 0 atom stereocenters. The Morgan fingerprint density at radius 2 is 2.12 bits per heavy atom. The molecule has 84 valence electrons. The maximum atomic E-state index is 8.68. The number of pyridine rings is 1. The number of aromatic nitrogens is 1. The number of rotatable bonds is 2. The second-order valence-electron chi connectivity index (χ2n) is 4.00. The third-order valence-corrected chi connectivity index (χ3v) is 3.04. The van der Waals surface area contributed by atoms with Crippen molar-refractivity contribution in [2.24, 2.45) is 0 Å². The van der Waals surface area contributed by atoms with Gasteiger partial charge in [0.25, 0.3) is 0 Å². The fourth-order valence-corrected chi connectivity index (χ4v) is 2.12. The van der Waals surface area contributed by atoms with E-state index in [1.54, 1.807) is 6.07 Å². The molecular weight excluding hydrogens is 224 g/mol. The van der Waals surface area contributed by atoms with Gasteiger partial charge in [-0.2, -0.15) is 5.26 Å². The lowest BCUT2D eigenvalue weighted by atomic mass is 9.98. The van der Waals surface area contributed by atoms with Crippen LogP contribution in [-0.2, 0) is 0 Å². The summed E-state index contributed by atoms with van der Waals surface area (Å²) in [5.41, 5.74) is 0.459. The normalized spacial score (nSPS) is 16.8. The Kier molecular flexibility index (Phi) is 3.63. The van der Waals surface area contributed by atoms with E-state index in [1.165, 1.54) is 25.5 Å². The Balaban J connectivity index is 2.06. The lowest BCUT2D eigenvalue weighted by Crippen LogP contribution is -2.20. The molecule has 1 aromatic heterocycles. The highest BCUT2D eigenvalue weighted by molar-refractivity contribution is 6.31. The molecule has 0 amide bonds. The molecule has 1 fully saturated rings. The standard InChI is InChI=1S/C12H13ClN2O/c13-11-6-9(7-14)8-15-12(11)16-10-4-2-1-3-5-10/h6,8,10H,1-5H2. The monoisotopic (exact) mass is 236 g/mol. The first-order valence-electron chi connectivity index (χ1n) is 5.52. The Bertz CT molecular complexity index is 408. The van der Waals surface area contributed by atoms with Crippen LogP contribution in [0, 0.1) is 11.3 Å². The van der Waals surface area contributed by atoms with Crippen LogP contribution in [-0.4, -0.2) is 11.1 Å². The number of hydrogen-bond donors (Lipinski definition) is 0. The molecule has 0 saturated heterocycles. The Hall–Kier alpha value is -1.27. The van der Waals surface area contributed by atoms with Crippen LogP contribution < -0.4 is 4.74 Å². The molecule has 0 N–H and O–H groups in total. The Morgan fingerprint density at radius 3 is 2.75 bits per heavy atom. The van der Waals surface area contributed by atoms with Crippen molar-refractivity contribution in [2.75, 3.05) is 0 Å². The highest BCUT2D eigenvalue weighted by Gasteiger charge is 2.16. The van der Waals surface area contributed by atoms with Crippen LogP contribution >= 0.6 is 11.6 Å². The third kappa shape index (κ3) is 2.65. The summed E-state index contributed by atoms with van der Waals surface area (Å²) in [6, 6.07) is 3.59. The van der Waals surface area contributed by atoms with Gasteiger partial charge in [0.15, 0.2) is 0 Å². The van der Waals surface area contributed by atoms with E-state index in [9.17, 15) is 0 Å². The third-order valence-electron chi connectivity index (χ3n) is 2.77. The van der Waals surface area contributed by atoms with Gasteiger partial charge < -0.3 is 4.74 Å². The first kappa shape index (κ1) is 11.2. The van der Waals surface area contributed by atoms with Gasteiger partial charge >= 0.3 is 0 Å². The van der Waals surface area contributed by atoms with Gasteiger partial charge in [-0.15, -0.1) is 0 Å². The van der Waals surface area contributed by atoms with Gasteiger partial charge in [0.05, 0.1) is 5.56 Å². The molecule has 1 aliphatic carbocycles. The van der Waals surface area contributed by atoms with E-state index >= 15 is 0 Å². The fraction of sp³-hybridized carbons (Fsp3) is 0.500. The lowest BCUT2D eigenvalue weighted by molar-refractivity contribution is 0.149. The van der Waals surface area contributed by atoms with Crippen molar-refractivity contribution in [1.29, 1.82) is 5.26 Å². The predicted octanol–water partition coefficient (Wildman–Crippen LogP) is 3.32. The smallest absolute Gasteiger partial charge is 0.232 e. The summed E-state index contributed by atoms with van der Waals surface area (Å²) in [6.07, 6.45) is 7.55. The first-order chi connectivity index (χ1) is 7.79. The van der Waals surface area contributed by atoms with Crippen LogP contribution in [0.2, 0.25) is 5.02 Å². The molecule has 1 aromatic rings. The molecule has 0 aromatic carbocycles. The molecule has 0 radical (unpaired) electrons. The zero-order valence-corrected chi connectivity index (χ0v) is 9.70. The Labute approximate surface area is 100 Å². The van der Waals surface area contributed by atoms with E-state index in [2.05, 4.69) is 4.98 Å². The highest BCUT2D eigenvalue weighted by atomic mass is 35.5. The van der Waals surface area contributed by atoms with Gasteiger partial charge in [-0.05, 0) is 31.7 Å². The van der Waals surface area contributed by atoms with Gasteiger partial charge in [-0.25, -0.2) is 4.98 Å². The van der Waals surface area contributed by atoms with E-state index in [-0.39, 0.29) is 6.10 Å². The molecule has 0 spiro atoms. The van der Waals surface area contributed by atoms with Gasteiger partial charge in [0, 0.05) is 6.20 Å². The largest absolute Gasteiger partial charge is 0.473 e. The molecule has 1 aliphatic rings. The minimum absolute atomic E-state index is 0.228. The van der Waals surface area contributed by atoms with Gasteiger partial charge in [0.2, 0.25) is 5.88 Å². The summed E-state index contributed by atoms with van der Waals surface area (Å²) in [7, 11) is 0. The zero-order valence-electron chi connectivity index (χ0n) is 8.95. The van der Waals surface area contributed by atoms with E-state index < -0.39 is 0 Å². The van der Waals surface area contributed by atoms with E-state index in [4.69, 9.17) is 21.6 Å². The summed E-state index contributed by atoms with van der Waals surface area (Å²) >= 11 is 5.99. The van der Waals surface area contributed by atoms with Crippen LogP contribution in [0.15, 0.2) is 12.3 Å². The van der Waals surface area contributed by atoms with Crippen LogP contribution in [0.3, 0.4) is 0 Å². The number of ether oxygens (including phenoxy) is 1. The van der Waals surface area contributed by atoms with Gasteiger partial charge in [-0.1, -0.05) is 18.0 Å². The Morgan fingerprint density at radius 1 is 1.38 bits per heavy atom. The van der Waals surface area contributed by atoms with Gasteiger partial charge in [-0.3, -0.25) is 0 Å². The molecule has 0 bridgehead atoms. The van der Waals surface area contributed by atoms with Crippen LogP contribution in [0.1, 0.15) is 37.7 Å². The van der Waals surface area contributed by atoms with Crippen molar-refractivity contribution >= 4 is 11.6 Å². The summed E-state index contributed by atoms with van der Waals surface area (Å²) in [6.45, 7) is 0. The zero-order chi connectivity index (χ0) is 11.4. The van der Waals surface area contributed by atoms with Gasteiger partial charge in [0.1, 0.15) is 17.2 Å². The average Bonchev–Trinajstić information content (AvgIpc) is 2.33. The number of nitrogens with zero attached hydrogens (tertiary/aromatic N) is 2. The molecule has 2 rings (SSSR count). The summed E-state index contributed by atoms with van der Waals surface area (Å²) in [5.74, 6) is 0.451. The maximum absolute atomic E-state index is 8.68. The highest BCUT2D eigenvalue weighted by Crippen LogP contribution is 2.27. The van der Waals surface area contributed by atoms with Crippen LogP contribution in [0.4, 0.5) is 0 Å². The molecule has 3 nitrogen and oxygen atoms in total. The van der Waals surface area contributed by atoms with Crippen molar-refractivity contribution < 1.29 is 4.74 Å². The van der Waals surface area contributed by atoms with Crippen molar-refractivity contribution in [3.8, 4) is 11.9 Å². The quantitative estimate of drug-likeness (QED) is 0.791. The van der Waals surface area contributed by atoms with Crippen molar-refractivity contribution in [1.82, 2.24) is 4.98 Å². The minimum atomic E-state index is 0.228. The second kappa shape index (κ2) is 5.18. The van der Waals surface area contributed by atoms with Crippen LogP contribution in [0.25, 0.3) is 0 Å². The molecular formula is C12H13ClN2O. The topological polar surface area (TPSA) is 45.9 Å². The molecule has 1 heterocycles. The number of hydrogen-bond acceptors (Lipinski definition) is 3. The van der Waals surface area contributed by atoms with E-state index in [1.807, 2.05) is 6.07 Å². The van der Waals surface area contributed by atoms with Crippen molar-refractivity contribution in [2.45, 2.75) is 38.2 Å². The van der Waals surface area contributed by atoms with E-state index in [0.29, 0.717) is 16.5 Å². The molecule has 16 heavy (non-hydrogen) atoms. The molecule has 0 unspecified atom stereocenters. The predicted molar refractivity (Wildman–Crippen MR) is 61.5 cm³/mol. The minimum Gasteiger partial charge on any atom is -0.473 e. The van der Waals surface area contributed by atoms with Crippen LogP contribution in [0.5, 0.6) is 5.88 Å². The second-order valence-corrected chi connectivity index (χ2v) is 4.41. The summed E-state index contributed by atoms with van der Waals surface area (Å²) in [4.78, 5) is 4.07. The molecule has 4 heteroatoms. The SMILES string of the molecule is N#Cc1cnc(OC2CCCCC2)c(Cl)c1.